The van der Waals surface area contributed by atoms with Crippen LogP contribution >= 0.6 is 0 Å². The number of H-pyrrole nitrogens is 1. The van der Waals surface area contributed by atoms with Crippen molar-refractivity contribution >= 4 is 11.0 Å². The van der Waals surface area contributed by atoms with Crippen LogP contribution in [0.2, 0.25) is 0 Å². The molecule has 3 aliphatic carbocycles. The Bertz CT molecular complexity index is 739. The lowest BCUT2D eigenvalue weighted by Gasteiger charge is -2.50. The van der Waals surface area contributed by atoms with Crippen LogP contribution in [-0.4, -0.2) is 26.6 Å². The molecule has 0 amide bonds. The first-order chi connectivity index (χ1) is 10.7. The standard InChI is InChI=1S/C18H23N3O/c1-18-9-8-11-10-4-6-15-17(20-21-19-15)13(10)3-2-12(11)14(18)5-7-16(18)22/h4,6,11-12,14,16,22H,2-3,5,7-9H2,1H3,(H,19,20,21). The molecular formula is C18H23N3O. The molecule has 5 unspecified atom stereocenters. The summed E-state index contributed by atoms with van der Waals surface area (Å²) in [7, 11) is 0. The Kier molecular flexibility index (Phi) is 2.56. The first kappa shape index (κ1) is 13.1. The smallest absolute Gasteiger partial charge is 0.116 e. The molecule has 2 N–H and O–H groups in total. The maximum atomic E-state index is 10.5. The van der Waals surface area contributed by atoms with Gasteiger partial charge in [0.2, 0.25) is 0 Å². The van der Waals surface area contributed by atoms with E-state index < -0.39 is 0 Å². The zero-order chi connectivity index (χ0) is 14.9. The summed E-state index contributed by atoms with van der Waals surface area (Å²) in [6, 6.07) is 4.42. The zero-order valence-electron chi connectivity index (χ0n) is 13.0. The van der Waals surface area contributed by atoms with E-state index >= 15 is 0 Å². The van der Waals surface area contributed by atoms with Gasteiger partial charge in [-0.2, -0.15) is 15.4 Å². The highest BCUT2D eigenvalue weighted by Gasteiger charge is 2.54. The molecule has 0 aliphatic heterocycles. The summed E-state index contributed by atoms with van der Waals surface area (Å²) in [4.78, 5) is 0. The van der Waals surface area contributed by atoms with Crippen molar-refractivity contribution in [2.45, 2.75) is 57.5 Å². The van der Waals surface area contributed by atoms with Crippen molar-refractivity contribution in [3.63, 3.8) is 0 Å². The predicted octanol–water partition coefficient (Wildman–Crippen LogP) is 3.17. The van der Waals surface area contributed by atoms with Gasteiger partial charge in [0.05, 0.1) is 6.10 Å². The van der Waals surface area contributed by atoms with Crippen molar-refractivity contribution in [2.24, 2.45) is 17.3 Å². The predicted molar refractivity (Wildman–Crippen MR) is 84.5 cm³/mol. The largest absolute Gasteiger partial charge is 0.393 e. The molecule has 5 rings (SSSR count). The normalized spacial score (nSPS) is 40.3. The first-order valence-electron chi connectivity index (χ1n) is 8.69. The van der Waals surface area contributed by atoms with Gasteiger partial charge in [-0.3, -0.25) is 0 Å². The number of aliphatic hydroxyl groups excluding tert-OH is 1. The summed E-state index contributed by atoms with van der Waals surface area (Å²) in [6.07, 6.45) is 6.86. The third-order valence-electron chi connectivity index (χ3n) is 7.14. The van der Waals surface area contributed by atoms with Crippen LogP contribution in [0.15, 0.2) is 12.1 Å². The molecule has 1 heterocycles. The number of aromatic nitrogens is 3. The van der Waals surface area contributed by atoms with Crippen molar-refractivity contribution in [3.8, 4) is 0 Å². The fourth-order valence-electron chi connectivity index (χ4n) is 5.95. The third kappa shape index (κ3) is 1.51. The van der Waals surface area contributed by atoms with Gasteiger partial charge in [0, 0.05) is 0 Å². The van der Waals surface area contributed by atoms with Gasteiger partial charge >= 0.3 is 0 Å². The van der Waals surface area contributed by atoms with Crippen LogP contribution in [0.3, 0.4) is 0 Å². The zero-order valence-corrected chi connectivity index (χ0v) is 13.0. The molecule has 2 saturated carbocycles. The lowest BCUT2D eigenvalue weighted by molar-refractivity contribution is -0.0225. The second-order valence-electron chi connectivity index (χ2n) is 7.88. The summed E-state index contributed by atoms with van der Waals surface area (Å²) in [5.41, 5.74) is 5.18. The van der Waals surface area contributed by atoms with E-state index in [0.717, 1.165) is 36.2 Å². The molecule has 22 heavy (non-hydrogen) atoms. The van der Waals surface area contributed by atoms with Gasteiger partial charge in [0.1, 0.15) is 11.0 Å². The molecule has 4 heteroatoms. The molecule has 2 fully saturated rings. The summed E-state index contributed by atoms with van der Waals surface area (Å²) in [5.74, 6) is 2.10. The molecule has 4 nitrogen and oxygen atoms in total. The van der Waals surface area contributed by atoms with Crippen LogP contribution in [0.1, 0.15) is 56.1 Å². The lowest BCUT2D eigenvalue weighted by atomic mass is 9.55. The first-order valence-corrected chi connectivity index (χ1v) is 8.69. The average molecular weight is 297 g/mol. The van der Waals surface area contributed by atoms with E-state index in [4.69, 9.17) is 0 Å². The minimum Gasteiger partial charge on any atom is -0.393 e. The molecular weight excluding hydrogens is 274 g/mol. The second kappa shape index (κ2) is 4.31. The number of rotatable bonds is 0. The number of hydrogen-bond acceptors (Lipinski definition) is 3. The highest BCUT2D eigenvalue weighted by Crippen LogP contribution is 2.61. The van der Waals surface area contributed by atoms with E-state index in [9.17, 15) is 5.11 Å². The van der Waals surface area contributed by atoms with E-state index in [-0.39, 0.29) is 11.5 Å². The molecule has 116 valence electrons. The van der Waals surface area contributed by atoms with Gasteiger partial charge in [-0.15, -0.1) is 0 Å². The SMILES string of the molecule is CC12CCC3c4ccc5n[nH]nc5c4CCC3C1CCC2O. The van der Waals surface area contributed by atoms with Gasteiger partial charge in [0.25, 0.3) is 0 Å². The summed E-state index contributed by atoms with van der Waals surface area (Å²) in [6.45, 7) is 2.34. The minimum absolute atomic E-state index is 0.0853. The Balaban J connectivity index is 1.59. The van der Waals surface area contributed by atoms with Crippen LogP contribution in [0, 0.1) is 17.3 Å². The van der Waals surface area contributed by atoms with Crippen molar-refractivity contribution in [1.82, 2.24) is 15.4 Å². The Morgan fingerprint density at radius 1 is 1.18 bits per heavy atom. The number of nitrogens with one attached hydrogen (secondary N) is 1. The van der Waals surface area contributed by atoms with Crippen LogP contribution in [0.25, 0.3) is 11.0 Å². The van der Waals surface area contributed by atoms with Crippen LogP contribution in [0.5, 0.6) is 0 Å². The van der Waals surface area contributed by atoms with Gasteiger partial charge in [-0.25, -0.2) is 0 Å². The number of aryl methyl sites for hydroxylation is 1. The number of aliphatic hydroxyl groups is 1. The van der Waals surface area contributed by atoms with Crippen molar-refractivity contribution in [1.29, 1.82) is 0 Å². The van der Waals surface area contributed by atoms with E-state index in [2.05, 4.69) is 34.5 Å². The molecule has 3 aliphatic rings. The van der Waals surface area contributed by atoms with E-state index in [1.165, 1.54) is 30.4 Å². The number of aromatic amines is 1. The fraction of sp³-hybridized carbons (Fsp3) is 0.667. The van der Waals surface area contributed by atoms with Gasteiger partial charge in [-0.1, -0.05) is 13.0 Å². The Hall–Kier alpha value is -1.42. The highest BCUT2D eigenvalue weighted by atomic mass is 16.3. The van der Waals surface area contributed by atoms with Crippen LogP contribution < -0.4 is 0 Å². The lowest BCUT2D eigenvalue weighted by Crippen LogP contribution is -2.43. The molecule has 2 aromatic rings. The van der Waals surface area contributed by atoms with Gasteiger partial charge < -0.3 is 5.11 Å². The second-order valence-corrected chi connectivity index (χ2v) is 7.88. The maximum absolute atomic E-state index is 10.5. The molecule has 1 aromatic heterocycles. The van der Waals surface area contributed by atoms with Crippen molar-refractivity contribution in [2.75, 3.05) is 0 Å². The number of nitrogens with zero attached hydrogens (tertiary/aromatic N) is 2. The molecule has 5 atom stereocenters. The van der Waals surface area contributed by atoms with Crippen LogP contribution in [0.4, 0.5) is 0 Å². The summed E-state index contributed by atoms with van der Waals surface area (Å²) < 4.78 is 0. The molecule has 0 spiro atoms. The highest BCUT2D eigenvalue weighted by molar-refractivity contribution is 5.79. The Morgan fingerprint density at radius 3 is 3.00 bits per heavy atom. The fourth-order valence-corrected chi connectivity index (χ4v) is 5.95. The van der Waals surface area contributed by atoms with E-state index in [1.54, 1.807) is 0 Å². The topological polar surface area (TPSA) is 61.8 Å². The van der Waals surface area contributed by atoms with E-state index in [0.29, 0.717) is 11.8 Å². The van der Waals surface area contributed by atoms with Crippen molar-refractivity contribution < 1.29 is 5.11 Å². The van der Waals surface area contributed by atoms with Crippen LogP contribution in [-0.2, 0) is 6.42 Å². The Morgan fingerprint density at radius 2 is 2.09 bits per heavy atom. The molecule has 0 bridgehead atoms. The summed E-state index contributed by atoms with van der Waals surface area (Å²) >= 11 is 0. The quantitative estimate of drug-likeness (QED) is 0.785. The number of benzene rings is 1. The maximum Gasteiger partial charge on any atom is 0.116 e. The number of fused-ring (bicyclic) bond motifs is 7. The van der Waals surface area contributed by atoms with Gasteiger partial charge in [0.15, 0.2) is 0 Å². The average Bonchev–Trinajstić information content (AvgIpc) is 3.12. The molecule has 1 aromatic carbocycles. The monoisotopic (exact) mass is 297 g/mol. The Labute approximate surface area is 130 Å². The third-order valence-corrected chi connectivity index (χ3v) is 7.14. The molecule has 0 radical (unpaired) electrons. The molecule has 0 saturated heterocycles. The van der Waals surface area contributed by atoms with Gasteiger partial charge in [-0.05, 0) is 78.9 Å². The van der Waals surface area contributed by atoms with E-state index in [1.807, 2.05) is 0 Å². The minimum atomic E-state index is -0.0853. The summed E-state index contributed by atoms with van der Waals surface area (Å²) in [5, 5.41) is 21.9. The number of hydrogen-bond donors (Lipinski definition) is 2. The van der Waals surface area contributed by atoms with Crippen molar-refractivity contribution in [3.05, 3.63) is 23.3 Å².